The van der Waals surface area contributed by atoms with Gasteiger partial charge in [0.1, 0.15) is 5.69 Å². The van der Waals surface area contributed by atoms with Crippen LogP contribution in [0.25, 0.3) is 10.9 Å². The lowest BCUT2D eigenvalue weighted by Gasteiger charge is -2.14. The third-order valence-electron chi connectivity index (χ3n) is 4.48. The molecule has 1 fully saturated rings. The fraction of sp³-hybridized carbons (Fsp3) is 0.471. The summed E-state index contributed by atoms with van der Waals surface area (Å²) >= 11 is 0. The van der Waals surface area contributed by atoms with E-state index in [1.54, 1.807) is 0 Å². The lowest BCUT2D eigenvalue weighted by molar-refractivity contribution is 0.0913. The highest BCUT2D eigenvalue weighted by molar-refractivity contribution is 5.98. The molecule has 0 bridgehead atoms. The average Bonchev–Trinajstić information content (AvgIpc) is 3.02. The fourth-order valence-electron chi connectivity index (χ4n) is 3.30. The van der Waals surface area contributed by atoms with Crippen molar-refractivity contribution in [3.05, 3.63) is 35.0 Å². The first-order valence-electron chi connectivity index (χ1n) is 7.61. The summed E-state index contributed by atoms with van der Waals surface area (Å²) in [7, 11) is 0. The molecule has 0 aliphatic heterocycles. The number of aromatic amines is 1. The number of benzene rings is 1. The Morgan fingerprint density at radius 1 is 1.33 bits per heavy atom. The van der Waals surface area contributed by atoms with Gasteiger partial charge in [-0.05, 0) is 49.9 Å². The van der Waals surface area contributed by atoms with Crippen molar-refractivity contribution < 1.29 is 9.90 Å². The molecule has 1 aliphatic rings. The van der Waals surface area contributed by atoms with Crippen molar-refractivity contribution in [2.45, 2.75) is 39.2 Å². The van der Waals surface area contributed by atoms with Gasteiger partial charge < -0.3 is 15.4 Å². The molecule has 1 heterocycles. The number of hydrogen-bond donors (Lipinski definition) is 3. The van der Waals surface area contributed by atoms with Crippen LogP contribution in [0, 0.1) is 19.8 Å². The number of aliphatic hydroxyl groups excluding tert-OH is 1. The second-order valence-corrected chi connectivity index (χ2v) is 6.19. The van der Waals surface area contributed by atoms with Gasteiger partial charge in [0, 0.05) is 23.4 Å². The zero-order chi connectivity index (χ0) is 15.0. The molecule has 3 N–H and O–H groups in total. The maximum Gasteiger partial charge on any atom is 0.267 e. The topological polar surface area (TPSA) is 65.1 Å². The summed E-state index contributed by atoms with van der Waals surface area (Å²) in [6, 6.07) is 6.08. The average molecular weight is 286 g/mol. The molecular weight excluding hydrogens is 264 g/mol. The quantitative estimate of drug-likeness (QED) is 0.812. The van der Waals surface area contributed by atoms with Crippen molar-refractivity contribution in [3.8, 4) is 0 Å². The molecular formula is C17H22N2O2. The second kappa shape index (κ2) is 5.53. The van der Waals surface area contributed by atoms with E-state index in [9.17, 15) is 9.90 Å². The van der Waals surface area contributed by atoms with Crippen LogP contribution in [-0.2, 0) is 0 Å². The van der Waals surface area contributed by atoms with Crippen molar-refractivity contribution in [2.75, 3.05) is 6.54 Å². The van der Waals surface area contributed by atoms with Gasteiger partial charge in [0.2, 0.25) is 0 Å². The molecule has 3 rings (SSSR count). The predicted molar refractivity (Wildman–Crippen MR) is 83.5 cm³/mol. The van der Waals surface area contributed by atoms with Crippen LogP contribution in [0.15, 0.2) is 18.2 Å². The van der Waals surface area contributed by atoms with Crippen LogP contribution in [0.5, 0.6) is 0 Å². The van der Waals surface area contributed by atoms with E-state index in [2.05, 4.69) is 36.3 Å². The lowest BCUT2D eigenvalue weighted by atomic mass is 10.1. The number of carbonyl (C=O) groups excluding carboxylic acids is 1. The molecule has 4 heteroatoms. The Kier molecular flexibility index (Phi) is 3.72. The maximum atomic E-state index is 12.2. The lowest BCUT2D eigenvalue weighted by Crippen LogP contribution is -2.32. The smallest absolute Gasteiger partial charge is 0.267 e. The number of nitrogens with one attached hydrogen (secondary N) is 2. The third-order valence-corrected chi connectivity index (χ3v) is 4.48. The van der Waals surface area contributed by atoms with Gasteiger partial charge in [-0.3, -0.25) is 4.79 Å². The van der Waals surface area contributed by atoms with E-state index in [-0.39, 0.29) is 17.9 Å². The van der Waals surface area contributed by atoms with Crippen molar-refractivity contribution in [3.63, 3.8) is 0 Å². The first-order chi connectivity index (χ1) is 10.0. The fourth-order valence-corrected chi connectivity index (χ4v) is 3.30. The van der Waals surface area contributed by atoms with Gasteiger partial charge in [0.05, 0.1) is 6.10 Å². The summed E-state index contributed by atoms with van der Waals surface area (Å²) in [4.78, 5) is 15.4. The van der Waals surface area contributed by atoms with E-state index in [1.807, 2.05) is 6.07 Å². The normalized spacial score (nSPS) is 21.9. The van der Waals surface area contributed by atoms with E-state index >= 15 is 0 Å². The molecule has 1 saturated carbocycles. The molecule has 1 aromatic carbocycles. The van der Waals surface area contributed by atoms with Crippen molar-refractivity contribution in [1.82, 2.24) is 10.3 Å². The Bertz CT molecular complexity index is 675. The number of aryl methyl sites for hydroxylation is 2. The van der Waals surface area contributed by atoms with Crippen LogP contribution < -0.4 is 5.32 Å². The highest BCUT2D eigenvalue weighted by Gasteiger charge is 2.25. The van der Waals surface area contributed by atoms with Gasteiger partial charge in [-0.2, -0.15) is 0 Å². The molecule has 2 unspecified atom stereocenters. The van der Waals surface area contributed by atoms with Gasteiger partial charge in [-0.25, -0.2) is 0 Å². The molecule has 0 spiro atoms. The first kappa shape index (κ1) is 14.1. The number of aromatic nitrogens is 1. The molecule has 2 atom stereocenters. The molecule has 0 radical (unpaired) electrons. The van der Waals surface area contributed by atoms with Gasteiger partial charge >= 0.3 is 0 Å². The molecule has 1 amide bonds. The Morgan fingerprint density at radius 3 is 2.86 bits per heavy atom. The highest BCUT2D eigenvalue weighted by atomic mass is 16.3. The minimum absolute atomic E-state index is 0.0950. The molecule has 0 saturated heterocycles. The molecule has 2 aromatic rings. The van der Waals surface area contributed by atoms with Crippen LogP contribution in [0.4, 0.5) is 0 Å². The van der Waals surface area contributed by atoms with Crippen LogP contribution in [0.3, 0.4) is 0 Å². The predicted octanol–water partition coefficient (Wildman–Crippen LogP) is 2.68. The molecule has 1 aromatic heterocycles. The van der Waals surface area contributed by atoms with Crippen LogP contribution in [0.1, 0.15) is 40.9 Å². The molecule has 112 valence electrons. The van der Waals surface area contributed by atoms with Gasteiger partial charge in [0.15, 0.2) is 0 Å². The zero-order valence-electron chi connectivity index (χ0n) is 12.6. The van der Waals surface area contributed by atoms with Crippen molar-refractivity contribution in [1.29, 1.82) is 0 Å². The van der Waals surface area contributed by atoms with E-state index in [0.29, 0.717) is 12.2 Å². The van der Waals surface area contributed by atoms with Crippen LogP contribution >= 0.6 is 0 Å². The first-order valence-corrected chi connectivity index (χ1v) is 7.61. The summed E-state index contributed by atoms with van der Waals surface area (Å²) in [6.07, 6.45) is 2.63. The third kappa shape index (κ3) is 2.81. The number of fused-ring (bicyclic) bond motifs is 1. The standard InChI is InChI=1S/C17H22N2O2/c1-10-6-11(2)13-8-15(19-14(13)7-10)17(21)18-9-12-4-3-5-16(12)20/h6-8,12,16,19-20H,3-5,9H2,1-2H3,(H,18,21). The minimum atomic E-state index is -0.266. The highest BCUT2D eigenvalue weighted by Crippen LogP contribution is 2.25. The molecule has 1 aliphatic carbocycles. The van der Waals surface area contributed by atoms with Crippen molar-refractivity contribution >= 4 is 16.8 Å². The number of rotatable bonds is 3. The minimum Gasteiger partial charge on any atom is -0.393 e. The van der Waals surface area contributed by atoms with Gasteiger partial charge in [0.25, 0.3) is 5.91 Å². The van der Waals surface area contributed by atoms with E-state index in [0.717, 1.165) is 30.2 Å². The summed E-state index contributed by atoms with van der Waals surface area (Å²) in [5.41, 5.74) is 3.94. The number of carbonyl (C=O) groups is 1. The number of H-pyrrole nitrogens is 1. The van der Waals surface area contributed by atoms with Crippen LogP contribution in [-0.4, -0.2) is 28.6 Å². The maximum absolute atomic E-state index is 12.2. The molecule has 21 heavy (non-hydrogen) atoms. The Labute approximate surface area is 124 Å². The Balaban J connectivity index is 1.74. The Morgan fingerprint density at radius 2 is 2.14 bits per heavy atom. The summed E-state index contributed by atoms with van der Waals surface area (Å²) < 4.78 is 0. The zero-order valence-corrected chi connectivity index (χ0v) is 12.6. The largest absolute Gasteiger partial charge is 0.393 e. The van der Waals surface area contributed by atoms with Gasteiger partial charge in [-0.15, -0.1) is 0 Å². The number of amides is 1. The summed E-state index contributed by atoms with van der Waals surface area (Å²) in [6.45, 7) is 4.65. The van der Waals surface area contributed by atoms with E-state index < -0.39 is 0 Å². The Hall–Kier alpha value is -1.81. The van der Waals surface area contributed by atoms with E-state index in [4.69, 9.17) is 0 Å². The SMILES string of the molecule is Cc1cc(C)c2cc(C(=O)NCC3CCCC3O)[nH]c2c1. The van der Waals surface area contributed by atoms with E-state index in [1.165, 1.54) is 11.1 Å². The number of aliphatic hydroxyl groups is 1. The second-order valence-electron chi connectivity index (χ2n) is 6.19. The van der Waals surface area contributed by atoms with Crippen molar-refractivity contribution in [2.24, 2.45) is 5.92 Å². The molecule has 4 nitrogen and oxygen atoms in total. The van der Waals surface area contributed by atoms with Crippen LogP contribution in [0.2, 0.25) is 0 Å². The summed E-state index contributed by atoms with van der Waals surface area (Å²) in [5.74, 6) is 0.102. The summed E-state index contributed by atoms with van der Waals surface area (Å²) in [5, 5.41) is 13.8. The monoisotopic (exact) mass is 286 g/mol. The number of hydrogen-bond acceptors (Lipinski definition) is 2. The van der Waals surface area contributed by atoms with Gasteiger partial charge in [-0.1, -0.05) is 12.5 Å².